The van der Waals surface area contributed by atoms with Crippen LogP contribution in [0.2, 0.25) is 0 Å². The summed E-state index contributed by atoms with van der Waals surface area (Å²) in [6, 6.07) is 11.2. The predicted octanol–water partition coefficient (Wildman–Crippen LogP) is 4.02. The molecule has 0 aliphatic heterocycles. The summed E-state index contributed by atoms with van der Waals surface area (Å²) in [5.41, 5.74) is 7.65. The standard InChI is InChI=1S/C17H20BrN3O3.HI/c1-22-14-6-4-12(18)8-11(14)10-20-17(19)21-13-5-7-15(23-2)16(9-13)24-3;/h4-9H,10H2,1-3H3,(H3,19,20,21);1H. The molecule has 0 heterocycles. The molecule has 2 rings (SSSR count). The van der Waals surface area contributed by atoms with Gasteiger partial charge in [0.1, 0.15) is 5.75 Å². The largest absolute Gasteiger partial charge is 0.496 e. The fraction of sp³-hybridized carbons (Fsp3) is 0.235. The Morgan fingerprint density at radius 3 is 2.28 bits per heavy atom. The van der Waals surface area contributed by atoms with Crippen molar-refractivity contribution in [1.29, 1.82) is 0 Å². The molecule has 0 aliphatic carbocycles. The third-order valence-electron chi connectivity index (χ3n) is 3.32. The van der Waals surface area contributed by atoms with Gasteiger partial charge in [0.2, 0.25) is 0 Å². The highest BCUT2D eigenvalue weighted by molar-refractivity contribution is 14.0. The van der Waals surface area contributed by atoms with E-state index in [4.69, 9.17) is 19.9 Å². The molecule has 2 aromatic rings. The highest BCUT2D eigenvalue weighted by Crippen LogP contribution is 2.29. The molecule has 0 amide bonds. The van der Waals surface area contributed by atoms with Crippen LogP contribution in [0.4, 0.5) is 5.69 Å². The van der Waals surface area contributed by atoms with Gasteiger partial charge in [-0.15, -0.1) is 24.0 Å². The van der Waals surface area contributed by atoms with E-state index in [2.05, 4.69) is 26.2 Å². The zero-order valence-electron chi connectivity index (χ0n) is 14.2. The molecule has 0 aromatic heterocycles. The maximum Gasteiger partial charge on any atom is 0.193 e. The Morgan fingerprint density at radius 1 is 1.00 bits per heavy atom. The summed E-state index contributed by atoms with van der Waals surface area (Å²) < 4.78 is 16.8. The third kappa shape index (κ3) is 5.96. The van der Waals surface area contributed by atoms with Gasteiger partial charge in [0, 0.05) is 21.8 Å². The van der Waals surface area contributed by atoms with Crippen molar-refractivity contribution in [1.82, 2.24) is 0 Å². The van der Waals surface area contributed by atoms with Gasteiger partial charge in [-0.3, -0.25) is 0 Å². The van der Waals surface area contributed by atoms with Crippen molar-refractivity contribution in [2.24, 2.45) is 10.7 Å². The number of nitrogens with one attached hydrogen (secondary N) is 1. The van der Waals surface area contributed by atoms with E-state index in [1.54, 1.807) is 33.5 Å². The number of anilines is 1. The Bertz CT molecular complexity index is 741. The topological polar surface area (TPSA) is 78.1 Å². The van der Waals surface area contributed by atoms with Crippen LogP contribution in [0.3, 0.4) is 0 Å². The van der Waals surface area contributed by atoms with Crippen molar-refractivity contribution in [3.8, 4) is 17.2 Å². The quantitative estimate of drug-likeness (QED) is 0.341. The number of nitrogens with zero attached hydrogens (tertiary/aromatic N) is 1. The van der Waals surface area contributed by atoms with Gasteiger partial charge in [0.05, 0.1) is 27.9 Å². The normalized spacial score (nSPS) is 10.6. The minimum absolute atomic E-state index is 0. The Labute approximate surface area is 172 Å². The van der Waals surface area contributed by atoms with Gasteiger partial charge >= 0.3 is 0 Å². The van der Waals surface area contributed by atoms with Crippen molar-refractivity contribution < 1.29 is 14.2 Å². The van der Waals surface area contributed by atoms with Gasteiger partial charge in [-0.25, -0.2) is 4.99 Å². The minimum atomic E-state index is 0. The summed E-state index contributed by atoms with van der Waals surface area (Å²) in [5.74, 6) is 2.33. The monoisotopic (exact) mass is 521 g/mol. The van der Waals surface area contributed by atoms with Crippen molar-refractivity contribution in [3.05, 3.63) is 46.4 Å². The summed E-state index contributed by atoms with van der Waals surface area (Å²) in [5, 5.41) is 3.03. The Morgan fingerprint density at radius 2 is 1.64 bits per heavy atom. The lowest BCUT2D eigenvalue weighted by atomic mass is 10.2. The maximum absolute atomic E-state index is 5.96. The second-order valence-electron chi connectivity index (χ2n) is 4.85. The van der Waals surface area contributed by atoms with Gasteiger partial charge in [-0.2, -0.15) is 0 Å². The SMILES string of the molecule is COc1ccc(Br)cc1CN=C(N)Nc1ccc(OC)c(OC)c1.I. The van der Waals surface area contributed by atoms with E-state index in [0.717, 1.165) is 21.5 Å². The van der Waals surface area contributed by atoms with E-state index in [1.807, 2.05) is 24.3 Å². The fourth-order valence-corrected chi connectivity index (χ4v) is 2.55. The molecule has 25 heavy (non-hydrogen) atoms. The van der Waals surface area contributed by atoms with Crippen LogP contribution in [0.1, 0.15) is 5.56 Å². The molecule has 0 saturated heterocycles. The molecular formula is C17H21BrIN3O3. The summed E-state index contributed by atoms with van der Waals surface area (Å²) in [6.07, 6.45) is 0. The van der Waals surface area contributed by atoms with E-state index >= 15 is 0 Å². The molecule has 0 unspecified atom stereocenters. The van der Waals surface area contributed by atoms with E-state index in [1.165, 1.54) is 0 Å². The lowest BCUT2D eigenvalue weighted by molar-refractivity contribution is 0.355. The van der Waals surface area contributed by atoms with Gasteiger partial charge in [0.25, 0.3) is 0 Å². The van der Waals surface area contributed by atoms with Crippen LogP contribution in [0.15, 0.2) is 45.9 Å². The molecule has 8 heteroatoms. The van der Waals surface area contributed by atoms with E-state index < -0.39 is 0 Å². The van der Waals surface area contributed by atoms with Crippen LogP contribution < -0.4 is 25.3 Å². The molecule has 0 spiro atoms. The summed E-state index contributed by atoms with van der Waals surface area (Å²) in [6.45, 7) is 0.398. The van der Waals surface area contributed by atoms with Gasteiger partial charge in [-0.1, -0.05) is 15.9 Å². The number of hydrogen-bond acceptors (Lipinski definition) is 4. The first-order chi connectivity index (χ1) is 11.6. The molecule has 3 N–H and O–H groups in total. The fourth-order valence-electron chi connectivity index (χ4n) is 2.14. The lowest BCUT2D eigenvalue weighted by Gasteiger charge is -2.11. The molecule has 6 nitrogen and oxygen atoms in total. The van der Waals surface area contributed by atoms with Crippen LogP contribution in [-0.2, 0) is 6.54 Å². The zero-order chi connectivity index (χ0) is 17.5. The number of methoxy groups -OCH3 is 3. The maximum atomic E-state index is 5.96. The minimum Gasteiger partial charge on any atom is -0.496 e. The number of rotatable bonds is 6. The lowest BCUT2D eigenvalue weighted by Crippen LogP contribution is -2.22. The molecule has 0 atom stereocenters. The van der Waals surface area contributed by atoms with Gasteiger partial charge < -0.3 is 25.3 Å². The van der Waals surface area contributed by atoms with Crippen molar-refractivity contribution in [2.45, 2.75) is 6.54 Å². The number of hydrogen-bond donors (Lipinski definition) is 2. The first-order valence-electron chi connectivity index (χ1n) is 7.18. The van der Waals surface area contributed by atoms with Crippen LogP contribution in [0.5, 0.6) is 17.2 Å². The number of aliphatic imine (C=N–C) groups is 1. The van der Waals surface area contributed by atoms with Gasteiger partial charge in [0.15, 0.2) is 17.5 Å². The zero-order valence-corrected chi connectivity index (χ0v) is 18.1. The van der Waals surface area contributed by atoms with E-state index in [0.29, 0.717) is 24.0 Å². The summed E-state index contributed by atoms with van der Waals surface area (Å²) in [4.78, 5) is 4.35. The molecule has 0 aliphatic rings. The molecule has 2 aromatic carbocycles. The third-order valence-corrected chi connectivity index (χ3v) is 3.81. The Balaban J connectivity index is 0.00000312. The van der Waals surface area contributed by atoms with E-state index in [9.17, 15) is 0 Å². The molecule has 0 fully saturated rings. The predicted molar refractivity (Wildman–Crippen MR) is 115 cm³/mol. The first-order valence-corrected chi connectivity index (χ1v) is 7.98. The number of nitrogens with two attached hydrogens (primary N) is 1. The number of halogens is 2. The summed E-state index contributed by atoms with van der Waals surface area (Å²) in [7, 11) is 4.80. The average Bonchev–Trinajstić information content (AvgIpc) is 2.60. The molecule has 0 radical (unpaired) electrons. The smallest absolute Gasteiger partial charge is 0.193 e. The molecule has 136 valence electrons. The van der Waals surface area contributed by atoms with Gasteiger partial charge in [-0.05, 0) is 30.3 Å². The second kappa shape index (κ2) is 10.3. The summed E-state index contributed by atoms with van der Waals surface area (Å²) >= 11 is 3.44. The second-order valence-corrected chi connectivity index (χ2v) is 5.77. The molecule has 0 saturated carbocycles. The number of ether oxygens (including phenoxy) is 3. The van der Waals surface area contributed by atoms with Crippen molar-refractivity contribution in [3.63, 3.8) is 0 Å². The molecule has 0 bridgehead atoms. The van der Waals surface area contributed by atoms with Crippen molar-refractivity contribution in [2.75, 3.05) is 26.6 Å². The van der Waals surface area contributed by atoms with E-state index in [-0.39, 0.29) is 24.0 Å². The van der Waals surface area contributed by atoms with Crippen LogP contribution in [0, 0.1) is 0 Å². The highest BCUT2D eigenvalue weighted by Gasteiger charge is 2.06. The Kier molecular flexibility index (Phi) is 8.84. The Hall–Kier alpha value is -1.68. The molecular weight excluding hydrogens is 501 g/mol. The number of guanidine groups is 1. The number of benzene rings is 2. The average molecular weight is 522 g/mol. The first kappa shape index (κ1) is 21.4. The van der Waals surface area contributed by atoms with Crippen LogP contribution >= 0.6 is 39.9 Å². The van der Waals surface area contributed by atoms with Crippen LogP contribution in [-0.4, -0.2) is 27.3 Å². The van der Waals surface area contributed by atoms with Crippen molar-refractivity contribution >= 4 is 51.6 Å². The van der Waals surface area contributed by atoms with Crippen LogP contribution in [0.25, 0.3) is 0 Å². The highest BCUT2D eigenvalue weighted by atomic mass is 127.